The summed E-state index contributed by atoms with van der Waals surface area (Å²) in [7, 11) is 1.30. The number of hydrogen-bond acceptors (Lipinski definition) is 6. The number of fused-ring (bicyclic) bond motifs is 1. The molecule has 1 aromatic heterocycles. The summed E-state index contributed by atoms with van der Waals surface area (Å²) < 4.78 is 16.3. The Kier molecular flexibility index (Phi) is 6.96. The second-order valence-electron chi connectivity index (χ2n) is 8.12. The number of hydrogen-bond donors (Lipinski definition) is 0. The van der Waals surface area contributed by atoms with Crippen molar-refractivity contribution >= 4 is 35.3 Å². The fraction of sp³-hybridized carbons (Fsp3) is 0.409. The van der Waals surface area contributed by atoms with Gasteiger partial charge in [0.15, 0.2) is 6.04 Å². The number of carbonyl (C=O) groups is 2. The van der Waals surface area contributed by atoms with Gasteiger partial charge in [0.25, 0.3) is 0 Å². The molecule has 1 aliphatic rings. The van der Waals surface area contributed by atoms with Crippen LogP contribution in [0, 0.1) is 0 Å². The van der Waals surface area contributed by atoms with E-state index in [0.29, 0.717) is 34.6 Å². The summed E-state index contributed by atoms with van der Waals surface area (Å²) >= 11 is 11.9. The van der Waals surface area contributed by atoms with Crippen LogP contribution in [0.5, 0.6) is 5.75 Å². The molecule has 0 saturated heterocycles. The Balaban J connectivity index is 1.81. The number of aromatic nitrogens is 1. The maximum Gasteiger partial charge on any atom is 0.411 e. The van der Waals surface area contributed by atoms with Gasteiger partial charge in [-0.25, -0.2) is 14.6 Å². The minimum atomic E-state index is -0.879. The van der Waals surface area contributed by atoms with Gasteiger partial charge in [0.1, 0.15) is 28.3 Å². The fourth-order valence-electron chi connectivity index (χ4n) is 3.34. The van der Waals surface area contributed by atoms with Gasteiger partial charge in [-0.3, -0.25) is 4.90 Å². The Morgan fingerprint density at radius 1 is 1.16 bits per heavy atom. The van der Waals surface area contributed by atoms with Crippen LogP contribution in [0.15, 0.2) is 30.3 Å². The Hall–Kier alpha value is -2.51. The van der Waals surface area contributed by atoms with Gasteiger partial charge in [-0.05, 0) is 68.1 Å². The number of carbonyl (C=O) groups excluding carboxylic acids is 2. The molecule has 0 fully saturated rings. The highest BCUT2D eigenvalue weighted by molar-refractivity contribution is 6.32. The van der Waals surface area contributed by atoms with E-state index in [2.05, 4.69) is 4.98 Å². The Labute approximate surface area is 191 Å². The predicted molar refractivity (Wildman–Crippen MR) is 116 cm³/mol. The first kappa shape index (κ1) is 23.2. The van der Waals surface area contributed by atoms with Crippen molar-refractivity contribution < 1.29 is 23.8 Å². The second-order valence-corrected chi connectivity index (χ2v) is 8.89. The molecule has 1 amide bonds. The molecule has 0 bridgehead atoms. The lowest BCUT2D eigenvalue weighted by molar-refractivity contribution is -0.147. The van der Waals surface area contributed by atoms with Crippen molar-refractivity contribution in [2.45, 2.75) is 45.4 Å². The number of amides is 1. The van der Waals surface area contributed by atoms with Gasteiger partial charge in [0.2, 0.25) is 0 Å². The van der Waals surface area contributed by atoms with Gasteiger partial charge < -0.3 is 14.2 Å². The molecule has 9 heteroatoms. The Bertz CT molecular complexity index is 970. The molecular weight excluding hydrogens is 443 g/mol. The topological polar surface area (TPSA) is 78.0 Å². The molecule has 0 N–H and O–H groups in total. The molecule has 0 unspecified atom stereocenters. The van der Waals surface area contributed by atoms with Crippen LogP contribution in [0.25, 0.3) is 0 Å². The molecule has 1 atom stereocenters. The predicted octanol–water partition coefficient (Wildman–Crippen LogP) is 4.97. The van der Waals surface area contributed by atoms with Gasteiger partial charge in [0.05, 0.1) is 7.11 Å². The zero-order valence-corrected chi connectivity index (χ0v) is 19.3. The van der Waals surface area contributed by atoms with E-state index < -0.39 is 23.7 Å². The molecule has 0 radical (unpaired) electrons. The van der Waals surface area contributed by atoms with E-state index in [1.54, 1.807) is 45.0 Å². The van der Waals surface area contributed by atoms with Gasteiger partial charge in [-0.15, -0.1) is 0 Å². The summed E-state index contributed by atoms with van der Waals surface area (Å²) in [4.78, 5) is 30.5. The van der Waals surface area contributed by atoms with Crippen LogP contribution in [0.4, 0.5) is 4.79 Å². The van der Waals surface area contributed by atoms with Crippen molar-refractivity contribution in [1.82, 2.24) is 9.88 Å². The minimum Gasteiger partial charge on any atom is -0.489 e. The summed E-state index contributed by atoms with van der Waals surface area (Å²) in [5, 5.41) is 0.583. The number of benzene rings is 1. The minimum absolute atomic E-state index is 0.255. The number of nitrogens with zero attached hydrogens (tertiary/aromatic N) is 2. The highest BCUT2D eigenvalue weighted by Crippen LogP contribution is 2.34. The smallest absolute Gasteiger partial charge is 0.411 e. The first-order valence-electron chi connectivity index (χ1n) is 9.72. The van der Waals surface area contributed by atoms with Gasteiger partial charge in [-0.2, -0.15) is 0 Å². The first-order valence-corrected chi connectivity index (χ1v) is 10.5. The average Bonchev–Trinajstić information content (AvgIpc) is 2.68. The van der Waals surface area contributed by atoms with Crippen LogP contribution in [0.2, 0.25) is 10.3 Å². The van der Waals surface area contributed by atoms with Crippen molar-refractivity contribution in [2.75, 3.05) is 13.7 Å². The highest BCUT2D eigenvalue weighted by atomic mass is 35.5. The molecule has 1 aliphatic heterocycles. The number of rotatable bonds is 4. The summed E-state index contributed by atoms with van der Waals surface area (Å²) in [6, 6.07) is 7.86. The van der Waals surface area contributed by atoms with Crippen molar-refractivity contribution in [3.8, 4) is 5.75 Å². The molecule has 0 spiro atoms. The summed E-state index contributed by atoms with van der Waals surface area (Å²) in [5.74, 6) is 0.0960. The third-order valence-electron chi connectivity index (χ3n) is 4.62. The maximum atomic E-state index is 12.7. The van der Waals surface area contributed by atoms with Crippen molar-refractivity contribution in [3.05, 3.63) is 57.3 Å². The van der Waals surface area contributed by atoms with E-state index >= 15 is 0 Å². The van der Waals surface area contributed by atoms with Crippen LogP contribution in [0.3, 0.4) is 0 Å². The molecule has 31 heavy (non-hydrogen) atoms. The monoisotopic (exact) mass is 466 g/mol. The normalized spacial score (nSPS) is 15.8. The maximum absolute atomic E-state index is 12.7. The molecule has 3 rings (SSSR count). The van der Waals surface area contributed by atoms with E-state index in [0.717, 1.165) is 11.1 Å². The average molecular weight is 467 g/mol. The Morgan fingerprint density at radius 3 is 2.45 bits per heavy atom. The molecule has 2 aromatic rings. The number of halogens is 2. The van der Waals surface area contributed by atoms with Crippen LogP contribution >= 0.6 is 23.2 Å². The first-order chi connectivity index (χ1) is 14.6. The van der Waals surface area contributed by atoms with E-state index in [4.69, 9.17) is 37.4 Å². The number of pyridine rings is 1. The zero-order valence-electron chi connectivity index (χ0n) is 17.8. The molecule has 1 aromatic carbocycles. The SMILES string of the molecule is COC(=O)[C@H]1c2ccc(OCc3cc(Cl)nc(Cl)c3)cc2CCN1C(=O)OC(C)(C)C. The van der Waals surface area contributed by atoms with E-state index in [9.17, 15) is 9.59 Å². The molecule has 2 heterocycles. The van der Waals surface area contributed by atoms with E-state index in [1.165, 1.54) is 12.0 Å². The fourth-order valence-corrected chi connectivity index (χ4v) is 3.85. The van der Waals surface area contributed by atoms with Crippen LogP contribution in [-0.2, 0) is 27.3 Å². The van der Waals surface area contributed by atoms with Gasteiger partial charge in [0, 0.05) is 6.54 Å². The molecule has 166 valence electrons. The van der Waals surface area contributed by atoms with Crippen molar-refractivity contribution in [3.63, 3.8) is 0 Å². The third kappa shape index (κ3) is 5.80. The van der Waals surface area contributed by atoms with E-state index in [1.807, 2.05) is 6.07 Å². The Morgan fingerprint density at radius 2 is 1.84 bits per heavy atom. The molecule has 0 saturated carbocycles. The number of esters is 1. The van der Waals surface area contributed by atoms with E-state index in [-0.39, 0.29) is 6.61 Å². The summed E-state index contributed by atoms with van der Waals surface area (Å²) in [5.41, 5.74) is 1.70. The number of methoxy groups -OCH3 is 1. The standard InChI is InChI=1S/C22H24Cl2N2O5/c1-22(2,3)31-21(28)26-8-7-14-11-15(5-6-16(14)19(26)20(27)29-4)30-12-13-9-17(23)25-18(24)10-13/h5-6,9-11,19H,7-8,12H2,1-4H3/t19-/m1/s1. The van der Waals surface area contributed by atoms with Crippen LogP contribution in [-0.4, -0.2) is 41.2 Å². The van der Waals surface area contributed by atoms with Crippen LogP contribution in [0.1, 0.15) is 43.5 Å². The molecule has 0 aliphatic carbocycles. The van der Waals surface area contributed by atoms with Crippen LogP contribution < -0.4 is 4.74 Å². The zero-order chi connectivity index (χ0) is 22.8. The quantitative estimate of drug-likeness (QED) is 0.467. The van der Waals surface area contributed by atoms with Crippen molar-refractivity contribution in [2.24, 2.45) is 0 Å². The lowest BCUT2D eigenvalue weighted by Gasteiger charge is -2.36. The molecule has 7 nitrogen and oxygen atoms in total. The largest absolute Gasteiger partial charge is 0.489 e. The van der Waals surface area contributed by atoms with Gasteiger partial charge in [-0.1, -0.05) is 29.3 Å². The number of ether oxygens (including phenoxy) is 3. The van der Waals surface area contributed by atoms with Gasteiger partial charge >= 0.3 is 12.1 Å². The lowest BCUT2D eigenvalue weighted by Crippen LogP contribution is -2.46. The van der Waals surface area contributed by atoms with Crippen molar-refractivity contribution in [1.29, 1.82) is 0 Å². The third-order valence-corrected chi connectivity index (χ3v) is 5.01. The summed E-state index contributed by atoms with van der Waals surface area (Å²) in [6.07, 6.45) is -0.00746. The lowest BCUT2D eigenvalue weighted by atomic mass is 9.92. The summed E-state index contributed by atoms with van der Waals surface area (Å²) in [6.45, 7) is 5.92. The second kappa shape index (κ2) is 9.32. The molecular formula is C22H24Cl2N2O5. The highest BCUT2D eigenvalue weighted by Gasteiger charge is 2.39.